The summed E-state index contributed by atoms with van der Waals surface area (Å²) in [5.74, 6) is 0.248. The molecule has 0 atom stereocenters. The van der Waals surface area contributed by atoms with Gasteiger partial charge in [-0.1, -0.05) is 51.4 Å². The Bertz CT molecular complexity index is 1150. The van der Waals surface area contributed by atoms with Gasteiger partial charge in [-0.15, -0.1) is 0 Å². The standard InChI is InChI=1S/C22H17BrN2O3/c1-13-19(14(2)28-25-13)12-27-22(26)18-11-21(15-7-9-16(23)10-8-15)24-20-6-4-3-5-17(18)20/h3-11H,12H2,1-2H3. The minimum absolute atomic E-state index is 0.115. The smallest absolute Gasteiger partial charge is 0.339 e. The van der Waals surface area contributed by atoms with Crippen LogP contribution in [0.1, 0.15) is 27.4 Å². The number of para-hydroxylation sites is 1. The molecule has 0 spiro atoms. The summed E-state index contributed by atoms with van der Waals surface area (Å²) in [6.45, 7) is 3.74. The van der Waals surface area contributed by atoms with Gasteiger partial charge in [-0.3, -0.25) is 0 Å². The molecule has 0 radical (unpaired) electrons. The van der Waals surface area contributed by atoms with E-state index in [4.69, 9.17) is 14.2 Å². The highest BCUT2D eigenvalue weighted by atomic mass is 79.9. The maximum Gasteiger partial charge on any atom is 0.339 e. The maximum atomic E-state index is 12.9. The minimum Gasteiger partial charge on any atom is -0.457 e. The van der Waals surface area contributed by atoms with Gasteiger partial charge in [0.1, 0.15) is 12.4 Å². The van der Waals surface area contributed by atoms with Gasteiger partial charge in [0, 0.05) is 15.4 Å². The fourth-order valence-electron chi connectivity index (χ4n) is 3.04. The number of fused-ring (bicyclic) bond motifs is 1. The molecule has 0 aliphatic rings. The van der Waals surface area contributed by atoms with Crippen LogP contribution in [0.25, 0.3) is 22.2 Å². The number of rotatable bonds is 4. The third-order valence-electron chi connectivity index (χ3n) is 4.60. The molecule has 0 aliphatic heterocycles. The van der Waals surface area contributed by atoms with Gasteiger partial charge < -0.3 is 9.26 Å². The average molecular weight is 437 g/mol. The lowest BCUT2D eigenvalue weighted by atomic mass is 10.0. The van der Waals surface area contributed by atoms with Gasteiger partial charge in [0.15, 0.2) is 0 Å². The van der Waals surface area contributed by atoms with Crippen molar-refractivity contribution < 1.29 is 14.1 Å². The Balaban J connectivity index is 1.72. The van der Waals surface area contributed by atoms with Crippen LogP contribution in [0.3, 0.4) is 0 Å². The monoisotopic (exact) mass is 436 g/mol. The first kappa shape index (κ1) is 18.4. The molecular formula is C22H17BrN2O3. The molecule has 0 fully saturated rings. The van der Waals surface area contributed by atoms with E-state index in [0.717, 1.165) is 37.9 Å². The van der Waals surface area contributed by atoms with Crippen LogP contribution in [0.5, 0.6) is 0 Å². The summed E-state index contributed by atoms with van der Waals surface area (Å²) in [6, 6.07) is 17.1. The van der Waals surface area contributed by atoms with Crippen molar-refractivity contribution in [2.75, 3.05) is 0 Å². The van der Waals surface area contributed by atoms with E-state index >= 15 is 0 Å². The zero-order valence-corrected chi connectivity index (χ0v) is 17.0. The summed E-state index contributed by atoms with van der Waals surface area (Å²) in [7, 11) is 0. The molecule has 140 valence electrons. The van der Waals surface area contributed by atoms with Crippen LogP contribution in [0.2, 0.25) is 0 Å². The molecule has 0 amide bonds. The van der Waals surface area contributed by atoms with E-state index in [1.807, 2.05) is 55.5 Å². The number of aromatic nitrogens is 2. The van der Waals surface area contributed by atoms with Gasteiger partial charge >= 0.3 is 5.97 Å². The molecule has 4 rings (SSSR count). The lowest BCUT2D eigenvalue weighted by molar-refractivity contribution is 0.0473. The van der Waals surface area contributed by atoms with E-state index in [9.17, 15) is 4.79 Å². The molecule has 4 aromatic rings. The van der Waals surface area contributed by atoms with Gasteiger partial charge in [0.25, 0.3) is 0 Å². The second-order valence-corrected chi connectivity index (χ2v) is 7.37. The number of hydrogen-bond donors (Lipinski definition) is 0. The highest BCUT2D eigenvalue weighted by Gasteiger charge is 2.17. The highest BCUT2D eigenvalue weighted by Crippen LogP contribution is 2.27. The molecule has 2 heterocycles. The average Bonchev–Trinajstić information content (AvgIpc) is 3.03. The fraction of sp³-hybridized carbons (Fsp3) is 0.136. The van der Waals surface area contributed by atoms with Crippen molar-refractivity contribution in [3.63, 3.8) is 0 Å². The van der Waals surface area contributed by atoms with Gasteiger partial charge in [0.2, 0.25) is 0 Å². The number of nitrogens with zero attached hydrogens (tertiary/aromatic N) is 2. The normalized spacial score (nSPS) is 11.0. The molecular weight excluding hydrogens is 420 g/mol. The Hall–Kier alpha value is -2.99. The van der Waals surface area contributed by atoms with Crippen molar-refractivity contribution in [3.8, 4) is 11.3 Å². The first-order chi connectivity index (χ1) is 13.5. The molecule has 0 bridgehead atoms. The lowest BCUT2D eigenvalue weighted by Crippen LogP contribution is -2.08. The summed E-state index contributed by atoms with van der Waals surface area (Å²) in [5.41, 5.74) is 4.38. The lowest BCUT2D eigenvalue weighted by Gasteiger charge is -2.10. The third-order valence-corrected chi connectivity index (χ3v) is 5.13. The molecule has 0 saturated carbocycles. The molecule has 2 aromatic heterocycles. The van der Waals surface area contributed by atoms with Gasteiger partial charge in [-0.25, -0.2) is 9.78 Å². The highest BCUT2D eigenvalue weighted by molar-refractivity contribution is 9.10. The number of carbonyl (C=O) groups excluding carboxylic acids is 1. The van der Waals surface area contributed by atoms with Crippen molar-refractivity contribution in [2.24, 2.45) is 0 Å². The molecule has 5 nitrogen and oxygen atoms in total. The van der Waals surface area contributed by atoms with Crippen LogP contribution in [-0.2, 0) is 11.3 Å². The van der Waals surface area contributed by atoms with E-state index < -0.39 is 5.97 Å². The van der Waals surface area contributed by atoms with E-state index in [2.05, 4.69) is 21.1 Å². The second-order valence-electron chi connectivity index (χ2n) is 6.46. The predicted molar refractivity (Wildman–Crippen MR) is 110 cm³/mol. The quantitative estimate of drug-likeness (QED) is 0.388. The van der Waals surface area contributed by atoms with Crippen LogP contribution in [0.4, 0.5) is 0 Å². The van der Waals surface area contributed by atoms with Gasteiger partial charge in [-0.05, 0) is 38.1 Å². The Kier molecular flexibility index (Phi) is 4.96. The maximum absolute atomic E-state index is 12.9. The number of carbonyl (C=O) groups is 1. The number of halogens is 1. The first-order valence-corrected chi connectivity index (χ1v) is 9.57. The summed E-state index contributed by atoms with van der Waals surface area (Å²) in [6.07, 6.45) is 0. The minimum atomic E-state index is -0.406. The third kappa shape index (κ3) is 3.55. The summed E-state index contributed by atoms with van der Waals surface area (Å²) < 4.78 is 11.7. The molecule has 0 unspecified atom stereocenters. The van der Waals surface area contributed by atoms with E-state index in [-0.39, 0.29) is 6.61 Å². The van der Waals surface area contributed by atoms with Crippen LogP contribution in [0, 0.1) is 13.8 Å². The van der Waals surface area contributed by atoms with Crippen LogP contribution < -0.4 is 0 Å². The Morgan fingerprint density at radius 3 is 2.57 bits per heavy atom. The van der Waals surface area contributed by atoms with Crippen molar-refractivity contribution in [2.45, 2.75) is 20.5 Å². The molecule has 2 aromatic carbocycles. The molecule has 0 saturated heterocycles. The Morgan fingerprint density at radius 1 is 1.11 bits per heavy atom. The van der Waals surface area contributed by atoms with Gasteiger partial charge in [0.05, 0.1) is 28.0 Å². The molecule has 0 N–H and O–H groups in total. The van der Waals surface area contributed by atoms with Crippen LogP contribution in [0.15, 0.2) is 63.6 Å². The Morgan fingerprint density at radius 2 is 1.86 bits per heavy atom. The van der Waals surface area contributed by atoms with E-state index in [1.54, 1.807) is 13.0 Å². The topological polar surface area (TPSA) is 65.2 Å². The largest absolute Gasteiger partial charge is 0.457 e. The predicted octanol–water partition coefficient (Wildman–Crippen LogP) is 5.63. The number of esters is 1. The van der Waals surface area contributed by atoms with Crippen molar-refractivity contribution in [1.82, 2.24) is 10.1 Å². The number of aryl methyl sites for hydroxylation is 2. The number of ether oxygens (including phenoxy) is 1. The van der Waals surface area contributed by atoms with E-state index in [1.165, 1.54) is 0 Å². The van der Waals surface area contributed by atoms with Crippen LogP contribution >= 0.6 is 15.9 Å². The van der Waals surface area contributed by atoms with Crippen molar-refractivity contribution in [3.05, 3.63) is 81.7 Å². The fourth-order valence-corrected chi connectivity index (χ4v) is 3.30. The Labute approximate surface area is 170 Å². The zero-order valence-electron chi connectivity index (χ0n) is 15.4. The molecule has 0 aliphatic carbocycles. The molecule has 28 heavy (non-hydrogen) atoms. The van der Waals surface area contributed by atoms with E-state index in [0.29, 0.717) is 11.3 Å². The molecule has 6 heteroatoms. The second kappa shape index (κ2) is 7.56. The number of benzene rings is 2. The summed E-state index contributed by atoms with van der Waals surface area (Å²) in [4.78, 5) is 17.6. The number of pyridine rings is 1. The summed E-state index contributed by atoms with van der Waals surface area (Å²) in [5, 5.41) is 4.65. The SMILES string of the molecule is Cc1noc(C)c1COC(=O)c1cc(-c2ccc(Br)cc2)nc2ccccc12. The van der Waals surface area contributed by atoms with Crippen molar-refractivity contribution in [1.29, 1.82) is 0 Å². The van der Waals surface area contributed by atoms with Crippen molar-refractivity contribution >= 4 is 32.8 Å². The van der Waals surface area contributed by atoms with Crippen LogP contribution in [-0.4, -0.2) is 16.1 Å². The first-order valence-electron chi connectivity index (χ1n) is 8.77. The van der Waals surface area contributed by atoms with Gasteiger partial charge in [-0.2, -0.15) is 0 Å². The summed E-state index contributed by atoms with van der Waals surface area (Å²) >= 11 is 3.44. The zero-order chi connectivity index (χ0) is 19.7. The number of hydrogen-bond acceptors (Lipinski definition) is 5.